The minimum Gasteiger partial charge on any atom is -0.392 e. The fourth-order valence-electron chi connectivity index (χ4n) is 1.37. The maximum absolute atomic E-state index is 10.9. The summed E-state index contributed by atoms with van der Waals surface area (Å²) in [5, 5.41) is 20.4. The molecule has 0 saturated heterocycles. The van der Waals surface area contributed by atoms with Gasteiger partial charge in [0.2, 0.25) is 0 Å². The molecular formula is C12H10N2O3S. The Bertz CT molecular complexity index is 558. The fourth-order valence-corrected chi connectivity index (χ4v) is 2.23. The Labute approximate surface area is 108 Å². The first-order valence-corrected chi connectivity index (χ1v) is 5.99. The van der Waals surface area contributed by atoms with Crippen molar-refractivity contribution < 1.29 is 10.0 Å². The third-order valence-corrected chi connectivity index (χ3v) is 3.27. The summed E-state index contributed by atoms with van der Waals surface area (Å²) in [5.41, 5.74) is 0.775. The molecule has 1 aromatic heterocycles. The van der Waals surface area contributed by atoms with Crippen LogP contribution in [0.1, 0.15) is 5.56 Å². The molecular weight excluding hydrogens is 252 g/mol. The molecule has 6 heteroatoms. The summed E-state index contributed by atoms with van der Waals surface area (Å²) >= 11 is 1.23. The number of para-hydroxylation sites is 1. The standard InChI is InChI=1S/C12H10N2O3S/c15-8-9-5-6-12(13-7-9)18-11-4-2-1-3-10(11)14(16)17/h1-7,15H,8H2. The van der Waals surface area contributed by atoms with E-state index in [1.54, 1.807) is 36.5 Å². The number of aliphatic hydroxyl groups is 1. The highest BCUT2D eigenvalue weighted by Crippen LogP contribution is 2.33. The van der Waals surface area contributed by atoms with Crippen LogP contribution in [-0.2, 0) is 6.61 Å². The average molecular weight is 262 g/mol. The van der Waals surface area contributed by atoms with Crippen LogP contribution in [0, 0.1) is 10.1 Å². The zero-order valence-corrected chi connectivity index (χ0v) is 10.1. The second-order valence-electron chi connectivity index (χ2n) is 3.49. The molecule has 0 unspecified atom stereocenters. The maximum Gasteiger partial charge on any atom is 0.283 e. The molecule has 92 valence electrons. The third kappa shape index (κ3) is 2.85. The molecule has 0 spiro atoms. The fraction of sp³-hybridized carbons (Fsp3) is 0.0833. The van der Waals surface area contributed by atoms with Crippen molar-refractivity contribution in [3.05, 3.63) is 58.3 Å². The van der Waals surface area contributed by atoms with E-state index >= 15 is 0 Å². The van der Waals surface area contributed by atoms with Crippen LogP contribution in [0.25, 0.3) is 0 Å². The van der Waals surface area contributed by atoms with Crippen molar-refractivity contribution >= 4 is 17.4 Å². The first kappa shape index (κ1) is 12.5. The largest absolute Gasteiger partial charge is 0.392 e. The van der Waals surface area contributed by atoms with Crippen molar-refractivity contribution in [2.75, 3.05) is 0 Å². The van der Waals surface area contributed by atoms with Crippen molar-refractivity contribution in [1.82, 2.24) is 4.98 Å². The normalized spacial score (nSPS) is 10.3. The van der Waals surface area contributed by atoms with Gasteiger partial charge in [0.05, 0.1) is 16.4 Å². The van der Waals surface area contributed by atoms with Gasteiger partial charge in [0.1, 0.15) is 5.03 Å². The molecule has 0 bridgehead atoms. The SMILES string of the molecule is O=[N+]([O-])c1ccccc1Sc1ccc(CO)cn1. The molecule has 0 aliphatic rings. The van der Waals surface area contributed by atoms with E-state index in [0.717, 1.165) is 0 Å². The van der Waals surface area contributed by atoms with E-state index in [4.69, 9.17) is 5.11 Å². The molecule has 0 atom stereocenters. The molecule has 2 aromatic rings. The minimum atomic E-state index is -0.412. The summed E-state index contributed by atoms with van der Waals surface area (Å²) in [4.78, 5) is 15.1. The molecule has 0 saturated carbocycles. The molecule has 0 amide bonds. The Morgan fingerprint density at radius 2 is 2.06 bits per heavy atom. The van der Waals surface area contributed by atoms with Crippen LogP contribution >= 0.6 is 11.8 Å². The van der Waals surface area contributed by atoms with Crippen molar-refractivity contribution in [3.8, 4) is 0 Å². The lowest BCUT2D eigenvalue weighted by Crippen LogP contribution is -1.91. The van der Waals surface area contributed by atoms with Crippen LogP contribution in [0.15, 0.2) is 52.5 Å². The average Bonchev–Trinajstić information content (AvgIpc) is 2.40. The lowest BCUT2D eigenvalue weighted by atomic mass is 10.3. The van der Waals surface area contributed by atoms with Crippen molar-refractivity contribution in [2.45, 2.75) is 16.5 Å². The van der Waals surface area contributed by atoms with E-state index in [-0.39, 0.29) is 12.3 Å². The molecule has 1 heterocycles. The highest BCUT2D eigenvalue weighted by molar-refractivity contribution is 7.99. The number of benzene rings is 1. The van der Waals surface area contributed by atoms with Gasteiger partial charge in [0, 0.05) is 12.3 Å². The van der Waals surface area contributed by atoms with Crippen LogP contribution in [0.4, 0.5) is 5.69 Å². The van der Waals surface area contributed by atoms with Crippen LogP contribution < -0.4 is 0 Å². The van der Waals surface area contributed by atoms with E-state index in [1.165, 1.54) is 17.8 Å². The Morgan fingerprint density at radius 1 is 1.28 bits per heavy atom. The number of rotatable bonds is 4. The summed E-state index contributed by atoms with van der Waals surface area (Å²) in [6, 6.07) is 9.99. The van der Waals surface area contributed by atoms with E-state index in [1.807, 2.05) is 0 Å². The van der Waals surface area contributed by atoms with Gasteiger partial charge >= 0.3 is 0 Å². The first-order chi connectivity index (χ1) is 8.70. The quantitative estimate of drug-likeness (QED) is 0.677. The predicted octanol–water partition coefficient (Wildman–Crippen LogP) is 2.63. The molecule has 0 aliphatic heterocycles. The molecule has 0 aliphatic carbocycles. The monoisotopic (exact) mass is 262 g/mol. The Morgan fingerprint density at radius 3 is 2.67 bits per heavy atom. The van der Waals surface area contributed by atoms with Gasteiger partial charge in [-0.1, -0.05) is 30.0 Å². The second-order valence-corrected chi connectivity index (χ2v) is 4.55. The highest BCUT2D eigenvalue weighted by Gasteiger charge is 2.13. The van der Waals surface area contributed by atoms with Gasteiger partial charge in [-0.05, 0) is 17.7 Å². The molecule has 1 aromatic carbocycles. The number of hydrogen-bond donors (Lipinski definition) is 1. The topological polar surface area (TPSA) is 76.3 Å². The smallest absolute Gasteiger partial charge is 0.283 e. The predicted molar refractivity (Wildman–Crippen MR) is 67.4 cm³/mol. The molecule has 2 rings (SSSR count). The van der Waals surface area contributed by atoms with Crippen LogP contribution in [0.2, 0.25) is 0 Å². The zero-order valence-electron chi connectivity index (χ0n) is 9.31. The number of pyridine rings is 1. The first-order valence-electron chi connectivity index (χ1n) is 5.18. The van der Waals surface area contributed by atoms with Crippen molar-refractivity contribution in [1.29, 1.82) is 0 Å². The second kappa shape index (κ2) is 5.61. The van der Waals surface area contributed by atoms with E-state index < -0.39 is 4.92 Å². The van der Waals surface area contributed by atoms with Crippen molar-refractivity contribution in [2.24, 2.45) is 0 Å². The Hall–Kier alpha value is -1.92. The minimum absolute atomic E-state index is 0.0653. The van der Waals surface area contributed by atoms with Crippen LogP contribution in [0.5, 0.6) is 0 Å². The van der Waals surface area contributed by atoms with E-state index in [0.29, 0.717) is 15.5 Å². The summed E-state index contributed by atoms with van der Waals surface area (Å²) in [5.74, 6) is 0. The molecule has 0 radical (unpaired) electrons. The summed E-state index contributed by atoms with van der Waals surface area (Å²) in [7, 11) is 0. The number of hydrogen-bond acceptors (Lipinski definition) is 5. The number of aliphatic hydroxyl groups excluding tert-OH is 1. The van der Waals surface area contributed by atoms with Gasteiger partial charge in [0.25, 0.3) is 5.69 Å². The van der Waals surface area contributed by atoms with E-state index in [2.05, 4.69) is 4.98 Å². The zero-order chi connectivity index (χ0) is 13.0. The summed E-state index contributed by atoms with van der Waals surface area (Å²) < 4.78 is 0. The van der Waals surface area contributed by atoms with Crippen LogP contribution in [-0.4, -0.2) is 15.0 Å². The van der Waals surface area contributed by atoms with Gasteiger partial charge in [-0.3, -0.25) is 10.1 Å². The number of nitrogens with zero attached hydrogens (tertiary/aromatic N) is 2. The molecule has 0 fully saturated rings. The van der Waals surface area contributed by atoms with E-state index in [9.17, 15) is 10.1 Å². The number of aromatic nitrogens is 1. The third-order valence-electron chi connectivity index (χ3n) is 2.26. The number of nitro groups is 1. The van der Waals surface area contributed by atoms with Gasteiger partial charge < -0.3 is 5.11 Å². The van der Waals surface area contributed by atoms with Crippen LogP contribution in [0.3, 0.4) is 0 Å². The van der Waals surface area contributed by atoms with Gasteiger partial charge in [0.15, 0.2) is 0 Å². The van der Waals surface area contributed by atoms with Gasteiger partial charge in [-0.15, -0.1) is 0 Å². The number of nitro benzene ring substituents is 1. The molecule has 18 heavy (non-hydrogen) atoms. The van der Waals surface area contributed by atoms with Crippen molar-refractivity contribution in [3.63, 3.8) is 0 Å². The lowest BCUT2D eigenvalue weighted by Gasteiger charge is -2.02. The highest BCUT2D eigenvalue weighted by atomic mass is 32.2. The Balaban J connectivity index is 2.25. The van der Waals surface area contributed by atoms with Gasteiger partial charge in [-0.2, -0.15) is 0 Å². The maximum atomic E-state index is 10.9. The summed E-state index contributed by atoms with van der Waals surface area (Å²) in [6.45, 7) is -0.0660. The Kier molecular flexibility index (Phi) is 3.91. The van der Waals surface area contributed by atoms with Gasteiger partial charge in [-0.25, -0.2) is 4.98 Å². The molecule has 1 N–H and O–H groups in total. The molecule has 5 nitrogen and oxygen atoms in total. The summed E-state index contributed by atoms with van der Waals surface area (Å²) in [6.07, 6.45) is 1.55. The lowest BCUT2D eigenvalue weighted by molar-refractivity contribution is -0.387.